The van der Waals surface area contributed by atoms with Gasteiger partial charge in [0.2, 0.25) is 0 Å². The summed E-state index contributed by atoms with van der Waals surface area (Å²) in [7, 11) is 1.33. The number of halogens is 2. The van der Waals surface area contributed by atoms with E-state index in [1.165, 1.54) is 19.2 Å². The second-order valence-electron chi connectivity index (χ2n) is 4.89. The molecule has 0 radical (unpaired) electrons. The Hall–Kier alpha value is -1.82. The van der Waals surface area contributed by atoms with Crippen molar-refractivity contribution < 1.29 is 18.7 Å². The van der Waals surface area contributed by atoms with Crippen molar-refractivity contribution in [3.05, 3.63) is 29.0 Å². The summed E-state index contributed by atoms with van der Waals surface area (Å²) in [5.41, 5.74) is 0.309. The Morgan fingerprint density at radius 3 is 2.81 bits per heavy atom. The third-order valence-corrected chi connectivity index (χ3v) is 3.83. The van der Waals surface area contributed by atoms with Crippen LogP contribution in [-0.4, -0.2) is 25.2 Å². The van der Waals surface area contributed by atoms with E-state index >= 15 is 0 Å². The fraction of sp³-hybridized carbons (Fsp3) is 0.429. The smallest absolute Gasteiger partial charge is 0.319 e. The molecule has 0 aromatic heterocycles. The number of benzene rings is 1. The second kappa shape index (κ2) is 6.76. The molecule has 1 aliphatic rings. The van der Waals surface area contributed by atoms with Crippen LogP contribution in [0, 0.1) is 11.7 Å². The normalized spacial score (nSPS) is 20.9. The maximum absolute atomic E-state index is 12.9. The van der Waals surface area contributed by atoms with Crippen LogP contribution >= 0.6 is 11.6 Å². The van der Waals surface area contributed by atoms with Gasteiger partial charge >= 0.3 is 12.0 Å². The molecule has 0 saturated heterocycles. The van der Waals surface area contributed by atoms with Gasteiger partial charge in [-0.3, -0.25) is 4.79 Å². The molecule has 2 N–H and O–H groups in total. The lowest BCUT2D eigenvalue weighted by atomic mass is 10.0. The van der Waals surface area contributed by atoms with Crippen molar-refractivity contribution in [3.63, 3.8) is 0 Å². The number of rotatable bonds is 3. The van der Waals surface area contributed by atoms with Gasteiger partial charge < -0.3 is 15.4 Å². The lowest BCUT2D eigenvalue weighted by Crippen LogP contribution is -2.42. The van der Waals surface area contributed by atoms with Crippen LogP contribution in [0.5, 0.6) is 0 Å². The number of urea groups is 1. The van der Waals surface area contributed by atoms with Gasteiger partial charge in [0.25, 0.3) is 0 Å². The highest BCUT2D eigenvalue weighted by Gasteiger charge is 2.34. The predicted octanol–water partition coefficient (Wildman–Crippen LogP) is 2.94. The number of amides is 2. The number of esters is 1. The summed E-state index contributed by atoms with van der Waals surface area (Å²) in [5, 5.41) is 5.38. The van der Waals surface area contributed by atoms with Crippen LogP contribution in [0.4, 0.5) is 14.9 Å². The highest BCUT2D eigenvalue weighted by molar-refractivity contribution is 6.33. The van der Waals surface area contributed by atoms with E-state index in [2.05, 4.69) is 10.6 Å². The fourth-order valence-corrected chi connectivity index (χ4v) is 2.70. The predicted molar refractivity (Wildman–Crippen MR) is 76.7 cm³/mol. The van der Waals surface area contributed by atoms with Gasteiger partial charge in [0, 0.05) is 6.04 Å². The summed E-state index contributed by atoms with van der Waals surface area (Å²) >= 11 is 5.84. The van der Waals surface area contributed by atoms with Crippen LogP contribution in [0.3, 0.4) is 0 Å². The number of carbonyl (C=O) groups excluding carboxylic acids is 2. The lowest BCUT2D eigenvalue weighted by molar-refractivity contribution is -0.145. The maximum atomic E-state index is 12.9. The average Bonchev–Trinajstić information content (AvgIpc) is 2.89. The number of methoxy groups -OCH3 is 1. The number of ether oxygens (including phenoxy) is 1. The van der Waals surface area contributed by atoms with Crippen LogP contribution in [0.1, 0.15) is 19.3 Å². The van der Waals surface area contributed by atoms with Crippen LogP contribution in [-0.2, 0) is 9.53 Å². The zero-order valence-corrected chi connectivity index (χ0v) is 12.2. The second-order valence-corrected chi connectivity index (χ2v) is 5.30. The minimum Gasteiger partial charge on any atom is -0.469 e. The fourth-order valence-electron chi connectivity index (χ4n) is 2.48. The Kier molecular flexibility index (Phi) is 5.01. The zero-order valence-electron chi connectivity index (χ0n) is 11.5. The molecule has 1 aromatic carbocycles. The van der Waals surface area contributed by atoms with Crippen molar-refractivity contribution in [3.8, 4) is 0 Å². The highest BCUT2D eigenvalue weighted by Crippen LogP contribution is 2.27. The van der Waals surface area contributed by atoms with Crippen LogP contribution in [0.2, 0.25) is 5.02 Å². The van der Waals surface area contributed by atoms with Crippen LogP contribution in [0.25, 0.3) is 0 Å². The van der Waals surface area contributed by atoms with E-state index in [0.29, 0.717) is 18.5 Å². The molecule has 21 heavy (non-hydrogen) atoms. The van der Waals surface area contributed by atoms with Crippen molar-refractivity contribution >= 4 is 29.3 Å². The van der Waals surface area contributed by atoms with Crippen LogP contribution < -0.4 is 10.6 Å². The lowest BCUT2D eigenvalue weighted by Gasteiger charge is -2.19. The van der Waals surface area contributed by atoms with Crippen molar-refractivity contribution in [1.29, 1.82) is 0 Å². The molecule has 5 nitrogen and oxygen atoms in total. The van der Waals surface area contributed by atoms with Gasteiger partial charge in [0.1, 0.15) is 5.82 Å². The average molecular weight is 315 g/mol. The number of nitrogens with one attached hydrogen (secondary N) is 2. The summed E-state index contributed by atoms with van der Waals surface area (Å²) in [6, 6.07) is 2.95. The Bertz CT molecular complexity index is 553. The largest absolute Gasteiger partial charge is 0.469 e. The third-order valence-electron chi connectivity index (χ3n) is 3.52. The molecule has 2 rings (SSSR count). The summed E-state index contributed by atoms with van der Waals surface area (Å²) in [4.78, 5) is 23.5. The maximum Gasteiger partial charge on any atom is 0.319 e. The van der Waals surface area contributed by atoms with Gasteiger partial charge in [-0.1, -0.05) is 18.0 Å². The summed E-state index contributed by atoms with van der Waals surface area (Å²) < 4.78 is 17.7. The topological polar surface area (TPSA) is 67.4 Å². The van der Waals surface area contributed by atoms with E-state index in [1.54, 1.807) is 0 Å². The van der Waals surface area contributed by atoms with E-state index in [-0.39, 0.29) is 23.0 Å². The van der Waals surface area contributed by atoms with E-state index < -0.39 is 11.8 Å². The molecular formula is C14H16ClFN2O3. The molecule has 7 heteroatoms. The SMILES string of the molecule is COC(=O)C1CCCC1NC(=O)Nc1ccc(F)cc1Cl. The molecule has 2 amide bonds. The van der Waals surface area contributed by atoms with Crippen LogP contribution in [0.15, 0.2) is 18.2 Å². The Morgan fingerprint density at radius 1 is 1.38 bits per heavy atom. The van der Waals surface area contributed by atoms with Crippen molar-refractivity contribution in [2.45, 2.75) is 25.3 Å². The standard InChI is InChI=1S/C14H16ClFN2O3/c1-21-13(19)9-3-2-4-11(9)17-14(20)18-12-6-5-8(16)7-10(12)15/h5-7,9,11H,2-4H2,1H3,(H2,17,18,20). The quantitative estimate of drug-likeness (QED) is 0.843. The van der Waals surface area contributed by atoms with Crippen molar-refractivity contribution in [2.75, 3.05) is 12.4 Å². The summed E-state index contributed by atoms with van der Waals surface area (Å²) in [6.45, 7) is 0. The molecule has 1 aromatic rings. The highest BCUT2D eigenvalue weighted by atomic mass is 35.5. The molecule has 1 aliphatic carbocycles. The van der Waals surface area contributed by atoms with Gasteiger partial charge in [-0.15, -0.1) is 0 Å². The zero-order chi connectivity index (χ0) is 15.4. The first-order valence-electron chi connectivity index (χ1n) is 6.61. The van der Waals surface area contributed by atoms with E-state index in [1.807, 2.05) is 0 Å². The number of hydrogen-bond acceptors (Lipinski definition) is 3. The first kappa shape index (κ1) is 15.6. The Balaban J connectivity index is 1.96. The molecule has 1 saturated carbocycles. The number of hydrogen-bond donors (Lipinski definition) is 2. The van der Waals surface area contributed by atoms with E-state index in [0.717, 1.165) is 12.5 Å². The number of carbonyl (C=O) groups is 2. The molecule has 1 fully saturated rings. The molecular weight excluding hydrogens is 299 g/mol. The summed E-state index contributed by atoms with van der Waals surface area (Å²) in [6.07, 6.45) is 2.25. The Morgan fingerprint density at radius 2 is 2.14 bits per heavy atom. The molecule has 114 valence electrons. The van der Waals surface area contributed by atoms with Crippen molar-refractivity contribution in [1.82, 2.24) is 5.32 Å². The number of anilines is 1. The van der Waals surface area contributed by atoms with Gasteiger partial charge in [0.05, 0.1) is 23.7 Å². The summed E-state index contributed by atoms with van der Waals surface area (Å²) in [5.74, 6) is -1.13. The first-order valence-corrected chi connectivity index (χ1v) is 6.99. The third kappa shape index (κ3) is 3.85. The molecule has 2 atom stereocenters. The molecule has 0 aliphatic heterocycles. The van der Waals surface area contributed by atoms with Gasteiger partial charge in [-0.25, -0.2) is 9.18 Å². The van der Waals surface area contributed by atoms with Gasteiger partial charge in [-0.05, 0) is 31.0 Å². The molecule has 2 unspecified atom stereocenters. The molecule has 0 heterocycles. The van der Waals surface area contributed by atoms with Crippen molar-refractivity contribution in [2.24, 2.45) is 5.92 Å². The molecule has 0 bridgehead atoms. The first-order chi connectivity index (χ1) is 10.0. The van der Waals surface area contributed by atoms with E-state index in [4.69, 9.17) is 16.3 Å². The van der Waals surface area contributed by atoms with Gasteiger partial charge in [-0.2, -0.15) is 0 Å². The molecule has 0 spiro atoms. The monoisotopic (exact) mass is 314 g/mol. The van der Waals surface area contributed by atoms with Gasteiger partial charge in [0.15, 0.2) is 0 Å². The minimum absolute atomic E-state index is 0.112. The van der Waals surface area contributed by atoms with E-state index in [9.17, 15) is 14.0 Å². The minimum atomic E-state index is -0.482. The Labute approximate surface area is 126 Å².